The van der Waals surface area contributed by atoms with Crippen LogP contribution in [-0.2, 0) is 4.79 Å². The third kappa shape index (κ3) is 3.65. The lowest BCUT2D eigenvalue weighted by molar-refractivity contribution is -0.138. The number of carbonyl (C=O) groups excluding carboxylic acids is 1. The van der Waals surface area contributed by atoms with E-state index in [-0.39, 0.29) is 0 Å². The van der Waals surface area contributed by atoms with Crippen molar-refractivity contribution in [3.63, 3.8) is 0 Å². The summed E-state index contributed by atoms with van der Waals surface area (Å²) in [7, 11) is 0. The number of aliphatic carboxylic acids is 1. The molecule has 0 bridgehead atoms. The highest BCUT2D eigenvalue weighted by atomic mass is 32.1. The van der Waals surface area contributed by atoms with Gasteiger partial charge in [-0.25, -0.2) is 0 Å². The van der Waals surface area contributed by atoms with Crippen LogP contribution in [0.3, 0.4) is 0 Å². The molecule has 0 radical (unpaired) electrons. The van der Waals surface area contributed by atoms with Gasteiger partial charge in [0.1, 0.15) is 16.7 Å². The van der Waals surface area contributed by atoms with E-state index in [9.17, 15) is 9.59 Å². The molecule has 6 heteroatoms. The lowest BCUT2D eigenvalue weighted by Crippen LogP contribution is -2.38. The molecule has 5 nitrogen and oxygen atoms in total. The van der Waals surface area contributed by atoms with E-state index in [2.05, 4.69) is 5.32 Å². The van der Waals surface area contributed by atoms with Crippen LogP contribution in [0.2, 0.25) is 0 Å². The highest BCUT2D eigenvalue weighted by Gasteiger charge is 2.21. The summed E-state index contributed by atoms with van der Waals surface area (Å²) in [6.45, 7) is 3.69. The topological polar surface area (TPSA) is 75.6 Å². The maximum atomic E-state index is 12.3. The molecule has 1 heterocycles. The fourth-order valence-electron chi connectivity index (χ4n) is 1.86. The summed E-state index contributed by atoms with van der Waals surface area (Å²) in [4.78, 5) is 24.4. The third-order valence-corrected chi connectivity index (χ3v) is 4.14. The van der Waals surface area contributed by atoms with Gasteiger partial charge in [-0.15, -0.1) is 11.3 Å². The van der Waals surface area contributed by atoms with Gasteiger partial charge < -0.3 is 15.2 Å². The zero-order valence-electron chi connectivity index (χ0n) is 12.3. The van der Waals surface area contributed by atoms with E-state index in [1.807, 2.05) is 43.3 Å². The summed E-state index contributed by atoms with van der Waals surface area (Å²) in [6.07, 6.45) is 0. The zero-order chi connectivity index (χ0) is 16.1. The summed E-state index contributed by atoms with van der Waals surface area (Å²) >= 11 is 1.28. The molecule has 0 aliphatic heterocycles. The van der Waals surface area contributed by atoms with Crippen LogP contribution in [-0.4, -0.2) is 29.6 Å². The smallest absolute Gasteiger partial charge is 0.325 e. The molecule has 1 aromatic heterocycles. The first kappa shape index (κ1) is 16.0. The van der Waals surface area contributed by atoms with Crippen LogP contribution in [0.15, 0.2) is 36.4 Å². The molecule has 0 aliphatic carbocycles. The maximum absolute atomic E-state index is 12.3. The fraction of sp³-hybridized carbons (Fsp3) is 0.250. The van der Waals surface area contributed by atoms with Crippen LogP contribution < -0.4 is 10.1 Å². The van der Waals surface area contributed by atoms with Gasteiger partial charge in [-0.3, -0.25) is 9.59 Å². The molecule has 116 valence electrons. The Morgan fingerprint density at radius 2 is 2.00 bits per heavy atom. The average molecular weight is 319 g/mol. The monoisotopic (exact) mass is 319 g/mol. The molecular formula is C16H17NO4S. The number of hydrogen-bond donors (Lipinski definition) is 2. The van der Waals surface area contributed by atoms with Crippen LogP contribution in [0.5, 0.6) is 5.75 Å². The van der Waals surface area contributed by atoms with Gasteiger partial charge in [0.2, 0.25) is 0 Å². The number of carbonyl (C=O) groups is 2. The number of hydrogen-bond acceptors (Lipinski definition) is 4. The summed E-state index contributed by atoms with van der Waals surface area (Å²) in [5, 5.41) is 11.3. The lowest BCUT2D eigenvalue weighted by Gasteiger charge is -2.09. The summed E-state index contributed by atoms with van der Waals surface area (Å²) in [5.41, 5.74) is 0.985. The standard InChI is InChI=1S/C16H17NO4S/c1-3-21-12-9-13(11-7-5-4-6-8-11)22-14(12)15(18)17-10(2)16(19)20/h4-10H,3H2,1-2H3,(H,17,18)(H,19,20)/t10-/m1/s1. The van der Waals surface area contributed by atoms with Gasteiger partial charge in [0.15, 0.2) is 0 Å². The molecule has 1 aromatic carbocycles. The number of benzene rings is 1. The molecule has 0 fully saturated rings. The summed E-state index contributed by atoms with van der Waals surface area (Å²) in [6, 6.07) is 10.5. The summed E-state index contributed by atoms with van der Waals surface area (Å²) in [5.74, 6) is -1.04. The number of carboxylic acids is 1. The molecule has 0 spiro atoms. The number of ether oxygens (including phenoxy) is 1. The first-order valence-corrected chi connectivity index (χ1v) is 7.70. The second-order valence-electron chi connectivity index (χ2n) is 4.64. The van der Waals surface area contributed by atoms with Crippen molar-refractivity contribution in [1.29, 1.82) is 0 Å². The third-order valence-electron chi connectivity index (χ3n) is 2.98. The van der Waals surface area contributed by atoms with Crippen LogP contribution in [0, 0.1) is 0 Å². The first-order valence-electron chi connectivity index (χ1n) is 6.88. The van der Waals surface area contributed by atoms with Gasteiger partial charge in [0, 0.05) is 4.88 Å². The van der Waals surface area contributed by atoms with Gasteiger partial charge in [0.25, 0.3) is 5.91 Å². The Labute approximate surface area is 132 Å². The minimum atomic E-state index is -1.08. The Balaban J connectivity index is 2.31. The maximum Gasteiger partial charge on any atom is 0.325 e. The predicted molar refractivity (Wildman–Crippen MR) is 85.5 cm³/mol. The van der Waals surface area contributed by atoms with Crippen molar-refractivity contribution in [2.45, 2.75) is 19.9 Å². The average Bonchev–Trinajstić information content (AvgIpc) is 2.92. The van der Waals surface area contributed by atoms with E-state index < -0.39 is 17.9 Å². The molecule has 1 amide bonds. The molecule has 2 aromatic rings. The van der Waals surface area contributed by atoms with E-state index >= 15 is 0 Å². The van der Waals surface area contributed by atoms with Crippen molar-refractivity contribution < 1.29 is 19.4 Å². The van der Waals surface area contributed by atoms with Crippen molar-refractivity contribution in [1.82, 2.24) is 5.32 Å². The van der Waals surface area contributed by atoms with Gasteiger partial charge in [-0.2, -0.15) is 0 Å². The highest BCUT2D eigenvalue weighted by molar-refractivity contribution is 7.17. The lowest BCUT2D eigenvalue weighted by atomic mass is 10.2. The molecule has 0 saturated carbocycles. The SMILES string of the molecule is CCOc1cc(-c2ccccc2)sc1C(=O)N[C@H](C)C(=O)O. The van der Waals surface area contributed by atoms with Crippen molar-refractivity contribution in [3.05, 3.63) is 41.3 Å². The van der Waals surface area contributed by atoms with Crippen LogP contribution in [0.4, 0.5) is 0 Å². The number of carboxylic acid groups (broad SMARTS) is 1. The molecule has 0 saturated heterocycles. The number of thiophene rings is 1. The van der Waals surface area contributed by atoms with E-state index in [0.717, 1.165) is 10.4 Å². The number of rotatable bonds is 6. The zero-order valence-corrected chi connectivity index (χ0v) is 13.1. The second-order valence-corrected chi connectivity index (χ2v) is 5.69. The van der Waals surface area contributed by atoms with Gasteiger partial charge in [-0.1, -0.05) is 30.3 Å². The van der Waals surface area contributed by atoms with Gasteiger partial charge >= 0.3 is 5.97 Å². The molecular weight excluding hydrogens is 302 g/mol. The molecule has 2 rings (SSSR count). The molecule has 0 unspecified atom stereocenters. The minimum absolute atomic E-state index is 0.383. The van der Waals surface area contributed by atoms with E-state index in [1.165, 1.54) is 18.3 Å². The predicted octanol–water partition coefficient (Wildman–Crippen LogP) is 3.02. The van der Waals surface area contributed by atoms with Gasteiger partial charge in [0.05, 0.1) is 6.61 Å². The number of amides is 1. The molecule has 2 N–H and O–H groups in total. The van der Waals surface area contributed by atoms with Crippen molar-refractivity contribution in [2.24, 2.45) is 0 Å². The largest absolute Gasteiger partial charge is 0.492 e. The molecule has 22 heavy (non-hydrogen) atoms. The minimum Gasteiger partial charge on any atom is -0.492 e. The van der Waals surface area contributed by atoms with Crippen LogP contribution in [0.25, 0.3) is 10.4 Å². The Kier molecular flexibility index (Phi) is 5.16. The Hall–Kier alpha value is -2.34. The van der Waals surface area contributed by atoms with Crippen LogP contribution in [0.1, 0.15) is 23.5 Å². The molecule has 1 atom stereocenters. The summed E-state index contributed by atoms with van der Waals surface area (Å²) < 4.78 is 5.50. The Bertz CT molecular complexity index is 666. The second kappa shape index (κ2) is 7.09. The highest BCUT2D eigenvalue weighted by Crippen LogP contribution is 2.36. The van der Waals surface area contributed by atoms with E-state index in [0.29, 0.717) is 17.2 Å². The molecule has 0 aliphatic rings. The fourth-order valence-corrected chi connectivity index (χ4v) is 2.87. The van der Waals surface area contributed by atoms with E-state index in [4.69, 9.17) is 9.84 Å². The Morgan fingerprint density at radius 1 is 1.32 bits per heavy atom. The Morgan fingerprint density at radius 3 is 2.59 bits per heavy atom. The van der Waals surface area contributed by atoms with Crippen LogP contribution >= 0.6 is 11.3 Å². The van der Waals surface area contributed by atoms with Gasteiger partial charge in [-0.05, 0) is 25.5 Å². The first-order chi connectivity index (χ1) is 10.5. The quantitative estimate of drug-likeness (QED) is 0.858. The van der Waals surface area contributed by atoms with Crippen molar-refractivity contribution in [3.8, 4) is 16.2 Å². The normalized spacial score (nSPS) is 11.7. The van der Waals surface area contributed by atoms with E-state index in [1.54, 1.807) is 0 Å². The van der Waals surface area contributed by atoms with Crippen molar-refractivity contribution >= 4 is 23.2 Å². The number of nitrogens with one attached hydrogen (secondary N) is 1. The van der Waals surface area contributed by atoms with Crippen molar-refractivity contribution in [2.75, 3.05) is 6.61 Å².